The summed E-state index contributed by atoms with van der Waals surface area (Å²) in [6.45, 7) is 0. The van der Waals surface area contributed by atoms with Crippen molar-refractivity contribution in [1.82, 2.24) is 0 Å². The SMILES string of the molecule is P.PCc1ccccc1. The fourth-order valence-electron chi connectivity index (χ4n) is 0.614. The third-order valence-corrected chi connectivity index (χ3v) is 1.55. The molecular formula is C7H12P2. The molecule has 0 heterocycles. The minimum atomic E-state index is 0. The van der Waals surface area contributed by atoms with Gasteiger partial charge in [-0.2, -0.15) is 9.90 Å². The van der Waals surface area contributed by atoms with E-state index in [2.05, 4.69) is 33.5 Å². The van der Waals surface area contributed by atoms with Crippen molar-refractivity contribution in [1.29, 1.82) is 0 Å². The van der Waals surface area contributed by atoms with Gasteiger partial charge in [-0.1, -0.05) is 30.3 Å². The molecule has 0 aliphatic rings. The Labute approximate surface area is 61.9 Å². The Kier molecular flexibility index (Phi) is 4.96. The predicted molar refractivity (Wildman–Crippen MR) is 51.0 cm³/mol. The van der Waals surface area contributed by atoms with Crippen LogP contribution in [-0.2, 0) is 6.16 Å². The minimum Gasteiger partial charge on any atom is -0.153 e. The summed E-state index contributed by atoms with van der Waals surface area (Å²) < 4.78 is 0. The molecule has 0 aliphatic heterocycles. The maximum absolute atomic E-state index is 2.69. The summed E-state index contributed by atoms with van der Waals surface area (Å²) in [6, 6.07) is 10.4. The average molecular weight is 158 g/mol. The zero-order valence-electron chi connectivity index (χ0n) is 5.38. The van der Waals surface area contributed by atoms with Crippen LogP contribution < -0.4 is 0 Å². The van der Waals surface area contributed by atoms with Gasteiger partial charge >= 0.3 is 0 Å². The van der Waals surface area contributed by atoms with Crippen LogP contribution in [0.1, 0.15) is 5.56 Å². The highest BCUT2D eigenvalue weighted by Crippen LogP contribution is 2.02. The van der Waals surface area contributed by atoms with E-state index in [0.29, 0.717) is 0 Å². The molecule has 2 unspecified atom stereocenters. The van der Waals surface area contributed by atoms with Crippen molar-refractivity contribution < 1.29 is 0 Å². The van der Waals surface area contributed by atoms with Crippen molar-refractivity contribution in [2.24, 2.45) is 0 Å². The van der Waals surface area contributed by atoms with Crippen LogP contribution >= 0.6 is 19.1 Å². The highest BCUT2D eigenvalue weighted by atomic mass is 31.0. The van der Waals surface area contributed by atoms with E-state index in [1.54, 1.807) is 0 Å². The van der Waals surface area contributed by atoms with E-state index >= 15 is 0 Å². The molecule has 0 saturated heterocycles. The van der Waals surface area contributed by atoms with Gasteiger partial charge in [-0.3, -0.25) is 0 Å². The predicted octanol–water partition coefficient (Wildman–Crippen LogP) is 2.12. The van der Waals surface area contributed by atoms with Gasteiger partial charge in [-0.15, -0.1) is 9.24 Å². The molecule has 9 heavy (non-hydrogen) atoms. The first-order chi connectivity index (χ1) is 3.93. The number of rotatable bonds is 1. The van der Waals surface area contributed by atoms with Crippen molar-refractivity contribution in [3.63, 3.8) is 0 Å². The van der Waals surface area contributed by atoms with Crippen LogP contribution in [0.3, 0.4) is 0 Å². The molecule has 0 bridgehead atoms. The van der Waals surface area contributed by atoms with Crippen molar-refractivity contribution in [2.75, 3.05) is 0 Å². The minimum absolute atomic E-state index is 0. The standard InChI is InChI=1S/C7H9P.H3P/c8-6-7-4-2-1-3-5-7;/h1-5H,6,8H2;1H3. The normalized spacial score (nSPS) is 8.11. The molecule has 0 amide bonds. The van der Waals surface area contributed by atoms with Gasteiger partial charge in [-0.25, -0.2) is 0 Å². The molecule has 2 atom stereocenters. The van der Waals surface area contributed by atoms with Gasteiger partial charge in [0.1, 0.15) is 0 Å². The van der Waals surface area contributed by atoms with Crippen LogP contribution in [0.2, 0.25) is 0 Å². The number of hydrogen-bond acceptors (Lipinski definition) is 0. The smallest absolute Gasteiger partial charge is 0.0128 e. The van der Waals surface area contributed by atoms with Gasteiger partial charge in [0, 0.05) is 0 Å². The maximum atomic E-state index is 2.69. The summed E-state index contributed by atoms with van der Waals surface area (Å²) >= 11 is 0. The fraction of sp³-hybridized carbons (Fsp3) is 0.143. The zero-order valence-corrected chi connectivity index (χ0v) is 7.95. The van der Waals surface area contributed by atoms with Gasteiger partial charge in [-0.05, 0) is 11.7 Å². The maximum Gasteiger partial charge on any atom is -0.0128 e. The Bertz CT molecular complexity index is 148. The first kappa shape index (κ1) is 9.08. The Morgan fingerprint density at radius 3 is 2.00 bits per heavy atom. The van der Waals surface area contributed by atoms with E-state index in [-0.39, 0.29) is 9.90 Å². The molecule has 1 aromatic rings. The summed E-state index contributed by atoms with van der Waals surface area (Å²) in [6.07, 6.45) is 1.06. The van der Waals surface area contributed by atoms with E-state index in [1.807, 2.05) is 6.07 Å². The van der Waals surface area contributed by atoms with Crippen LogP contribution in [0.15, 0.2) is 30.3 Å². The average Bonchev–Trinajstić information content (AvgIpc) is 1.90. The lowest BCUT2D eigenvalue weighted by molar-refractivity contribution is 1.42. The van der Waals surface area contributed by atoms with E-state index in [0.717, 1.165) is 6.16 Å². The van der Waals surface area contributed by atoms with Crippen molar-refractivity contribution in [2.45, 2.75) is 6.16 Å². The summed E-state index contributed by atoms with van der Waals surface area (Å²) in [7, 11) is 2.69. The lowest BCUT2D eigenvalue weighted by Gasteiger charge is -1.89. The van der Waals surface area contributed by atoms with Crippen molar-refractivity contribution >= 4 is 19.1 Å². The molecule has 0 aliphatic carbocycles. The second-order valence-corrected chi connectivity index (χ2v) is 2.10. The Hall–Kier alpha value is 0.0800. The fourth-order valence-corrected chi connectivity index (χ4v) is 0.886. The molecule has 1 rings (SSSR count). The summed E-state index contributed by atoms with van der Waals surface area (Å²) in [5, 5.41) is 0. The lowest BCUT2D eigenvalue weighted by atomic mass is 10.2. The third kappa shape index (κ3) is 2.94. The molecule has 0 radical (unpaired) electrons. The highest BCUT2D eigenvalue weighted by molar-refractivity contribution is 7.15. The van der Waals surface area contributed by atoms with Crippen molar-refractivity contribution in [3.8, 4) is 0 Å². The molecular weight excluding hydrogens is 146 g/mol. The van der Waals surface area contributed by atoms with E-state index in [9.17, 15) is 0 Å². The molecule has 0 saturated carbocycles. The molecule has 2 heteroatoms. The van der Waals surface area contributed by atoms with Crippen LogP contribution in [0, 0.1) is 0 Å². The molecule has 1 aromatic carbocycles. The summed E-state index contributed by atoms with van der Waals surface area (Å²) in [4.78, 5) is 0. The monoisotopic (exact) mass is 158 g/mol. The van der Waals surface area contributed by atoms with E-state index in [1.165, 1.54) is 5.56 Å². The van der Waals surface area contributed by atoms with Gasteiger partial charge in [0.15, 0.2) is 0 Å². The number of hydrogen-bond donors (Lipinski definition) is 0. The van der Waals surface area contributed by atoms with E-state index < -0.39 is 0 Å². The second kappa shape index (κ2) is 4.91. The number of benzene rings is 1. The topological polar surface area (TPSA) is 0 Å². The van der Waals surface area contributed by atoms with Gasteiger partial charge in [0.25, 0.3) is 0 Å². The lowest BCUT2D eigenvalue weighted by Crippen LogP contribution is -1.70. The highest BCUT2D eigenvalue weighted by Gasteiger charge is 1.80. The Balaban J connectivity index is 0.000000640. The van der Waals surface area contributed by atoms with Gasteiger partial charge in [0.05, 0.1) is 0 Å². The third-order valence-electron chi connectivity index (χ3n) is 1.08. The quantitative estimate of drug-likeness (QED) is 0.549. The van der Waals surface area contributed by atoms with Crippen LogP contribution in [0.25, 0.3) is 0 Å². The second-order valence-electron chi connectivity index (χ2n) is 1.69. The zero-order chi connectivity index (χ0) is 5.82. The first-order valence-corrected chi connectivity index (χ1v) is 3.49. The first-order valence-electron chi connectivity index (χ1n) is 2.67. The van der Waals surface area contributed by atoms with Crippen LogP contribution in [0.4, 0.5) is 0 Å². The van der Waals surface area contributed by atoms with Gasteiger partial charge in [0.2, 0.25) is 0 Å². The molecule has 0 spiro atoms. The molecule has 0 aromatic heterocycles. The van der Waals surface area contributed by atoms with Crippen molar-refractivity contribution in [3.05, 3.63) is 35.9 Å². The molecule has 0 fully saturated rings. The van der Waals surface area contributed by atoms with Gasteiger partial charge < -0.3 is 0 Å². The molecule has 0 N–H and O–H groups in total. The Morgan fingerprint density at radius 1 is 1.11 bits per heavy atom. The summed E-state index contributed by atoms with van der Waals surface area (Å²) in [5.74, 6) is 0. The largest absolute Gasteiger partial charge is 0.153 e. The Morgan fingerprint density at radius 2 is 1.67 bits per heavy atom. The molecule has 0 nitrogen and oxygen atoms in total. The van der Waals surface area contributed by atoms with Crippen LogP contribution in [0.5, 0.6) is 0 Å². The van der Waals surface area contributed by atoms with Crippen LogP contribution in [-0.4, -0.2) is 0 Å². The van der Waals surface area contributed by atoms with E-state index in [4.69, 9.17) is 0 Å². The molecule has 50 valence electrons. The summed E-state index contributed by atoms with van der Waals surface area (Å²) in [5.41, 5.74) is 1.37.